The molecule has 0 fully saturated rings. The second kappa shape index (κ2) is 11.5. The third-order valence-electron chi connectivity index (χ3n) is 9.76. The van der Waals surface area contributed by atoms with E-state index in [4.69, 9.17) is 31.5 Å². The Morgan fingerprint density at radius 1 is 0.382 bits per heavy atom. The van der Waals surface area contributed by atoms with Crippen molar-refractivity contribution in [1.82, 2.24) is 0 Å². The van der Waals surface area contributed by atoms with Crippen molar-refractivity contribution in [3.63, 3.8) is 0 Å². The van der Waals surface area contributed by atoms with Crippen LogP contribution in [0, 0.1) is 0 Å². The van der Waals surface area contributed by atoms with Gasteiger partial charge in [-0.3, -0.25) is 0 Å². The van der Waals surface area contributed by atoms with E-state index in [-0.39, 0.29) is 4.90 Å². The highest BCUT2D eigenvalue weighted by Gasteiger charge is 2.40. The smallest absolute Gasteiger partial charge is 0.0645 e. The second-order valence-electron chi connectivity index (χ2n) is 12.7. The molecule has 1 heteroatoms. The summed E-state index contributed by atoms with van der Waals surface area (Å²) in [5.41, 5.74) is -23.8. The summed E-state index contributed by atoms with van der Waals surface area (Å²) in [6, 6.07) is -30.8. The van der Waals surface area contributed by atoms with Gasteiger partial charge in [-0.15, -0.1) is 0 Å². The van der Waals surface area contributed by atoms with Gasteiger partial charge in [0.2, 0.25) is 0 Å². The summed E-state index contributed by atoms with van der Waals surface area (Å²) in [4.78, 5) is 0.267. The summed E-state index contributed by atoms with van der Waals surface area (Å²) >= 11 is 0. The number of benzene rings is 9. The number of hydrogen-bond donors (Lipinski definition) is 0. The predicted octanol–water partition coefficient (Wildman–Crippen LogP) is 14.9. The third-order valence-corrected chi connectivity index (χ3v) is 9.76. The van der Waals surface area contributed by atoms with Gasteiger partial charge in [-0.2, -0.15) is 0 Å². The molecule has 0 aromatic heterocycles. The molecule has 0 N–H and O–H groups in total. The molecule has 0 saturated carbocycles. The second-order valence-corrected chi connectivity index (χ2v) is 12.7. The fraction of sp³-hybridized carbons (Fsp3) is 0.111. The zero-order chi connectivity index (χ0) is 70.5. The van der Waals surface area contributed by atoms with Gasteiger partial charge in [0.1, 0.15) is 0 Å². The van der Waals surface area contributed by atoms with Gasteiger partial charge in [-0.05, 0) is 107 Å². The summed E-state index contributed by atoms with van der Waals surface area (Å²) in [5.74, 6) is 0. The zero-order valence-electron chi connectivity index (χ0n) is 66.6. The Labute approximate surface area is 377 Å². The fourth-order valence-corrected chi connectivity index (χ4v) is 7.36. The van der Waals surface area contributed by atoms with Crippen molar-refractivity contribution >= 4 is 49.4 Å². The van der Waals surface area contributed by atoms with Crippen molar-refractivity contribution in [2.75, 3.05) is 4.90 Å². The number of nitrogens with zero attached hydrogens (tertiary/aromatic N) is 1. The third kappa shape index (κ3) is 4.47. The van der Waals surface area contributed by atoms with Crippen LogP contribution in [-0.4, -0.2) is 0 Å². The lowest BCUT2D eigenvalue weighted by Gasteiger charge is -2.31. The molecular formula is C54H41N. The van der Waals surface area contributed by atoms with Crippen LogP contribution in [0.3, 0.4) is 0 Å². The maximum absolute atomic E-state index is 9.98. The first-order valence-electron chi connectivity index (χ1n) is 35.8. The molecule has 0 amide bonds. The lowest BCUT2D eigenvalue weighted by atomic mass is 9.82. The van der Waals surface area contributed by atoms with Crippen LogP contribution in [0.1, 0.15) is 103 Å². The molecule has 0 radical (unpaired) electrons. The van der Waals surface area contributed by atoms with Crippen molar-refractivity contribution < 1.29 is 53.5 Å². The van der Waals surface area contributed by atoms with E-state index in [1.54, 1.807) is 0 Å². The molecule has 55 heavy (non-hydrogen) atoms. The van der Waals surface area contributed by atoms with Gasteiger partial charge >= 0.3 is 0 Å². The molecule has 9 aromatic carbocycles. The molecule has 0 aliphatic heterocycles. The molecule has 0 spiro atoms. The molecule has 11 rings (SSSR count). The summed E-state index contributed by atoms with van der Waals surface area (Å²) in [6.45, 7) is -16.5. The van der Waals surface area contributed by atoms with Gasteiger partial charge in [-0.25, -0.2) is 0 Å². The van der Waals surface area contributed by atoms with Crippen LogP contribution in [0.15, 0.2) is 175 Å². The maximum atomic E-state index is 9.98. The average molecular weight is 743 g/mol. The molecule has 1 nitrogen and oxygen atoms in total. The zero-order valence-corrected chi connectivity index (χ0v) is 27.6. The molecule has 2 aliphatic carbocycles. The number of fused-ring (bicyclic) bond motifs is 12. The van der Waals surface area contributed by atoms with E-state index in [2.05, 4.69) is 0 Å². The molecule has 0 saturated heterocycles. The van der Waals surface area contributed by atoms with Crippen LogP contribution in [-0.2, 0) is 10.8 Å². The Kier molecular flexibility index (Phi) is 2.42. The molecule has 0 heterocycles. The van der Waals surface area contributed by atoms with Crippen molar-refractivity contribution in [3.05, 3.63) is 198 Å². The van der Waals surface area contributed by atoms with Crippen molar-refractivity contribution in [3.8, 4) is 33.4 Å². The minimum Gasteiger partial charge on any atom is -0.309 e. The van der Waals surface area contributed by atoms with Gasteiger partial charge in [-0.1, -0.05) is 172 Å². The quantitative estimate of drug-likeness (QED) is 0.162. The minimum atomic E-state index is -4.13. The summed E-state index contributed by atoms with van der Waals surface area (Å²) in [7, 11) is 0. The molecule has 0 bridgehead atoms. The van der Waals surface area contributed by atoms with E-state index in [1.165, 1.54) is 0 Å². The summed E-state index contributed by atoms with van der Waals surface area (Å²) in [5, 5.41) is -3.19. The van der Waals surface area contributed by atoms with Crippen LogP contribution < -0.4 is 4.90 Å². The predicted molar refractivity (Wildman–Crippen MR) is 234 cm³/mol. The summed E-state index contributed by atoms with van der Waals surface area (Å²) < 4.78 is 359. The average Bonchev–Trinajstić information content (AvgIpc) is 1.48. The van der Waals surface area contributed by atoms with Crippen molar-refractivity contribution in [1.29, 1.82) is 0 Å². The SMILES string of the molecule is [2H]c1c(-c2cc3c(c([2H])c2[2H])c2c([2H])c([2H])c([2H])c([2H])c2c2c([2H])c([2H])c([2H])c([2H])c32)cc(N(c2c([2H])c([2H])c([2H])c3c2-c2c([2H])c([2H])c([2H])c([2H])c2C3(C([2H])([2H])[2H])C([2H])([2H])[2H])c2c([2H])c([2H])c([2H])c3c2-c2c([2H])c([2H])c([2H])c([2H])c2C3(C([2H])([2H])[2H])C([2H])([2H])[2H])c([2H])c1[2H]. The van der Waals surface area contributed by atoms with Gasteiger partial charge in [0.25, 0.3) is 0 Å². The largest absolute Gasteiger partial charge is 0.309 e. The van der Waals surface area contributed by atoms with Crippen LogP contribution in [0.5, 0.6) is 0 Å². The molecule has 0 unspecified atom stereocenters. The Morgan fingerprint density at radius 2 is 0.818 bits per heavy atom. The molecule has 262 valence electrons. The Balaban J connectivity index is 1.47. The van der Waals surface area contributed by atoms with E-state index < -0.39 is 306 Å². The van der Waals surface area contributed by atoms with E-state index in [1.807, 2.05) is 0 Å². The Morgan fingerprint density at radius 3 is 1.36 bits per heavy atom. The van der Waals surface area contributed by atoms with Crippen molar-refractivity contribution in [2.24, 2.45) is 0 Å². The van der Waals surface area contributed by atoms with Gasteiger partial charge in [0, 0.05) is 44.1 Å². The van der Waals surface area contributed by atoms with E-state index in [0.717, 1.165) is 6.07 Å². The van der Waals surface area contributed by atoms with Crippen LogP contribution in [0.2, 0.25) is 0 Å². The highest BCUT2D eigenvalue weighted by atomic mass is 15.1. The maximum Gasteiger partial charge on any atom is 0.0645 e. The van der Waals surface area contributed by atoms with Gasteiger partial charge in [0.15, 0.2) is 0 Å². The minimum absolute atomic E-state index is 0.267. The van der Waals surface area contributed by atoms with Crippen LogP contribution >= 0.6 is 0 Å². The van der Waals surface area contributed by atoms with E-state index in [0.29, 0.717) is 6.07 Å². The van der Waals surface area contributed by atoms with Crippen LogP contribution in [0.4, 0.5) is 17.1 Å². The topological polar surface area (TPSA) is 3.24 Å². The molecule has 9 aromatic rings. The monoisotopic (exact) mass is 743 g/mol. The lowest BCUT2D eigenvalue weighted by molar-refractivity contribution is 0.660. The number of anilines is 3. The first kappa shape index (κ1) is 11.5. The van der Waals surface area contributed by atoms with E-state index in [9.17, 15) is 21.9 Å². The normalized spacial score (nSPS) is 25.5. The molecule has 2 aliphatic rings. The summed E-state index contributed by atoms with van der Waals surface area (Å²) in [6.07, 6.45) is 0. The Hall–Kier alpha value is -6.44. The number of rotatable bonds is 4. The van der Waals surface area contributed by atoms with Gasteiger partial charge < -0.3 is 4.90 Å². The van der Waals surface area contributed by atoms with Gasteiger partial charge in [0.05, 0.1) is 48.4 Å². The number of hydrogen-bond acceptors (Lipinski definition) is 1. The lowest BCUT2D eigenvalue weighted by Crippen LogP contribution is -2.17. The first-order valence-corrected chi connectivity index (χ1v) is 16.3. The highest BCUT2D eigenvalue weighted by molar-refractivity contribution is 6.25. The molecular weight excluding hydrogens is 663 g/mol. The first-order chi connectivity index (χ1) is 43.0. The Bertz CT molecular complexity index is 4800. The van der Waals surface area contributed by atoms with Crippen LogP contribution in [0.25, 0.3) is 65.7 Å². The van der Waals surface area contributed by atoms with E-state index >= 15 is 0 Å². The highest BCUT2D eigenvalue weighted by Crippen LogP contribution is 2.58. The standard InChI is InChI=1S/C54H41N/c1-53(2)45-24-11-9-22-42(45)51-47(53)26-14-28-49(51)55(50-29-15-27-48-52(50)43-23-10-12-25-46(43)54(48,3)4)36-17-13-16-34(32-36)35-30-31-41-39-20-6-5-18-37(39)38-19-7-8-21-40(38)44(41)33-35/h5-33H,1-4H3/i1D3,2D3,3D3,4D3,5D,6D,7D,8D,9D,10D,11D,12D,13D,14D,15D,16D,17D,18D,19D,20D,21D,22D,23D,24D,25D,26D,27D,28D,29D,30D,31D. The van der Waals surface area contributed by atoms with Crippen molar-refractivity contribution in [2.45, 2.75) is 38.2 Å². The fourth-order valence-electron chi connectivity index (χ4n) is 7.36. The molecule has 0 atom stereocenters.